The number of nitrogens with one attached hydrogen (secondary N) is 1. The summed E-state index contributed by atoms with van der Waals surface area (Å²) < 4.78 is 4.59. The number of nitrogens with zero attached hydrogens (tertiary/aromatic N) is 4. The average Bonchev–Trinajstić information content (AvgIpc) is 3.13. The van der Waals surface area contributed by atoms with Gasteiger partial charge in [-0.1, -0.05) is 6.92 Å². The first-order valence-electron chi connectivity index (χ1n) is 8.09. The summed E-state index contributed by atoms with van der Waals surface area (Å²) in [6, 6.07) is 4.68. The number of aryl methyl sites for hydroxylation is 1. The van der Waals surface area contributed by atoms with Crippen molar-refractivity contribution in [3.05, 3.63) is 35.7 Å². The maximum absolute atomic E-state index is 4.41. The number of rotatable bonds is 6. The third kappa shape index (κ3) is 3.02. The largest absolute Gasteiger partial charge is 0.342 e. The van der Waals surface area contributed by atoms with E-state index in [1.807, 2.05) is 0 Å². The molecule has 1 aliphatic rings. The number of aromatic nitrogens is 4. The third-order valence-electron chi connectivity index (χ3n) is 4.26. The highest BCUT2D eigenvalue weighted by Gasteiger charge is 2.17. The van der Waals surface area contributed by atoms with Crippen LogP contribution in [0.3, 0.4) is 0 Å². The Bertz CT molecular complexity index is 583. The van der Waals surface area contributed by atoms with Crippen molar-refractivity contribution >= 4 is 0 Å². The molecule has 0 saturated heterocycles. The van der Waals surface area contributed by atoms with Crippen LogP contribution >= 0.6 is 0 Å². The molecule has 1 N–H and O–H groups in total. The second-order valence-corrected chi connectivity index (χ2v) is 5.88. The van der Waals surface area contributed by atoms with E-state index in [1.54, 1.807) is 0 Å². The Morgan fingerprint density at radius 1 is 1.33 bits per heavy atom. The molecule has 0 radical (unpaired) electrons. The van der Waals surface area contributed by atoms with Gasteiger partial charge in [-0.05, 0) is 44.9 Å². The molecule has 1 atom stereocenters. The van der Waals surface area contributed by atoms with Crippen LogP contribution in [0, 0.1) is 0 Å². The van der Waals surface area contributed by atoms with E-state index in [0.29, 0.717) is 6.04 Å². The molecule has 0 aromatic carbocycles. The molecule has 2 aromatic heterocycles. The van der Waals surface area contributed by atoms with Crippen LogP contribution in [-0.4, -0.2) is 25.9 Å². The first kappa shape index (κ1) is 14.3. The molecule has 2 aromatic rings. The van der Waals surface area contributed by atoms with E-state index in [1.165, 1.54) is 18.5 Å². The molecule has 5 nitrogen and oxygen atoms in total. The summed E-state index contributed by atoms with van der Waals surface area (Å²) in [6.45, 7) is 7.35. The third-order valence-corrected chi connectivity index (χ3v) is 4.26. The van der Waals surface area contributed by atoms with Crippen molar-refractivity contribution < 1.29 is 0 Å². The Morgan fingerprint density at radius 2 is 2.24 bits per heavy atom. The first-order valence-corrected chi connectivity index (χ1v) is 8.09. The molecule has 1 unspecified atom stereocenters. The molecule has 0 fully saturated rings. The lowest BCUT2D eigenvalue weighted by atomic mass is 10.1. The summed E-state index contributed by atoms with van der Waals surface area (Å²) in [4.78, 5) is 0. The van der Waals surface area contributed by atoms with Crippen LogP contribution in [0.1, 0.15) is 56.5 Å². The molecule has 0 spiro atoms. The SMILES string of the molecule is CCCNC(C)c1cccn1Cc1nnc2n1CCCC2. The lowest BCUT2D eigenvalue weighted by Crippen LogP contribution is -2.23. The van der Waals surface area contributed by atoms with Gasteiger partial charge >= 0.3 is 0 Å². The van der Waals surface area contributed by atoms with Gasteiger partial charge in [0.2, 0.25) is 0 Å². The molecule has 21 heavy (non-hydrogen) atoms. The Balaban J connectivity index is 1.76. The monoisotopic (exact) mass is 287 g/mol. The molecular weight excluding hydrogens is 262 g/mol. The molecular formula is C16H25N5. The summed E-state index contributed by atoms with van der Waals surface area (Å²) in [5.41, 5.74) is 1.32. The number of fused-ring (bicyclic) bond motifs is 1. The van der Waals surface area contributed by atoms with Gasteiger partial charge in [0.15, 0.2) is 5.82 Å². The van der Waals surface area contributed by atoms with E-state index in [2.05, 4.69) is 56.8 Å². The molecule has 0 saturated carbocycles. The van der Waals surface area contributed by atoms with Crippen molar-refractivity contribution in [2.24, 2.45) is 0 Å². The highest BCUT2D eigenvalue weighted by Crippen LogP contribution is 2.18. The van der Waals surface area contributed by atoms with Crippen LogP contribution in [0.4, 0.5) is 0 Å². The Labute approximate surface area is 126 Å². The minimum atomic E-state index is 0.365. The van der Waals surface area contributed by atoms with Gasteiger partial charge in [-0.2, -0.15) is 0 Å². The summed E-state index contributed by atoms with van der Waals surface area (Å²) in [7, 11) is 0. The maximum atomic E-state index is 4.41. The Kier molecular flexibility index (Phi) is 4.39. The van der Waals surface area contributed by atoms with Crippen LogP contribution in [0.2, 0.25) is 0 Å². The predicted octanol–water partition coefficient (Wildman–Crippen LogP) is 2.52. The minimum Gasteiger partial charge on any atom is -0.342 e. The molecule has 1 aliphatic heterocycles. The molecule has 3 rings (SSSR count). The van der Waals surface area contributed by atoms with Crippen molar-refractivity contribution in [3.8, 4) is 0 Å². The summed E-state index contributed by atoms with van der Waals surface area (Å²) in [6.07, 6.45) is 6.85. The predicted molar refractivity (Wildman–Crippen MR) is 83.2 cm³/mol. The topological polar surface area (TPSA) is 47.7 Å². The Morgan fingerprint density at radius 3 is 3.10 bits per heavy atom. The fourth-order valence-electron chi connectivity index (χ4n) is 3.07. The fraction of sp³-hybridized carbons (Fsp3) is 0.625. The van der Waals surface area contributed by atoms with Gasteiger partial charge in [0.1, 0.15) is 5.82 Å². The van der Waals surface area contributed by atoms with Crippen LogP contribution in [0.15, 0.2) is 18.3 Å². The highest BCUT2D eigenvalue weighted by atomic mass is 15.3. The number of hydrogen-bond donors (Lipinski definition) is 1. The van der Waals surface area contributed by atoms with Crippen LogP contribution in [-0.2, 0) is 19.5 Å². The number of hydrogen-bond acceptors (Lipinski definition) is 3. The van der Waals surface area contributed by atoms with Crippen LogP contribution < -0.4 is 5.32 Å². The second-order valence-electron chi connectivity index (χ2n) is 5.88. The van der Waals surface area contributed by atoms with Gasteiger partial charge < -0.3 is 14.5 Å². The van der Waals surface area contributed by atoms with Gasteiger partial charge in [0.25, 0.3) is 0 Å². The smallest absolute Gasteiger partial charge is 0.153 e. The van der Waals surface area contributed by atoms with E-state index in [4.69, 9.17) is 0 Å². The van der Waals surface area contributed by atoms with Crippen molar-refractivity contribution in [2.75, 3.05) is 6.54 Å². The normalized spacial score (nSPS) is 15.9. The summed E-state index contributed by atoms with van der Waals surface area (Å²) in [5, 5.41) is 12.3. The van der Waals surface area contributed by atoms with Gasteiger partial charge in [-0.15, -0.1) is 10.2 Å². The lowest BCUT2D eigenvalue weighted by Gasteiger charge is -2.18. The fourth-order valence-corrected chi connectivity index (χ4v) is 3.07. The highest BCUT2D eigenvalue weighted by molar-refractivity contribution is 5.13. The molecule has 3 heterocycles. The minimum absolute atomic E-state index is 0.365. The zero-order valence-corrected chi connectivity index (χ0v) is 13.0. The zero-order chi connectivity index (χ0) is 14.7. The first-order chi connectivity index (χ1) is 10.3. The van der Waals surface area contributed by atoms with E-state index >= 15 is 0 Å². The summed E-state index contributed by atoms with van der Waals surface area (Å²) in [5.74, 6) is 2.24. The van der Waals surface area contributed by atoms with Crippen LogP contribution in [0.25, 0.3) is 0 Å². The standard InChI is InChI=1S/C16H25N5/c1-3-9-17-13(2)14-7-6-10-20(14)12-16-19-18-15-8-4-5-11-21(15)16/h6-7,10,13,17H,3-5,8-9,11-12H2,1-2H3. The van der Waals surface area contributed by atoms with Crippen LogP contribution in [0.5, 0.6) is 0 Å². The van der Waals surface area contributed by atoms with Crippen molar-refractivity contribution in [1.82, 2.24) is 24.6 Å². The zero-order valence-electron chi connectivity index (χ0n) is 13.0. The van der Waals surface area contributed by atoms with Gasteiger partial charge in [0.05, 0.1) is 6.54 Å². The molecule has 0 bridgehead atoms. The summed E-state index contributed by atoms with van der Waals surface area (Å²) >= 11 is 0. The molecule has 114 valence electrons. The molecule has 0 aliphatic carbocycles. The quantitative estimate of drug-likeness (QED) is 0.888. The van der Waals surface area contributed by atoms with E-state index in [9.17, 15) is 0 Å². The average molecular weight is 287 g/mol. The second kappa shape index (κ2) is 6.43. The lowest BCUT2D eigenvalue weighted by molar-refractivity contribution is 0.491. The maximum Gasteiger partial charge on any atom is 0.153 e. The van der Waals surface area contributed by atoms with Gasteiger partial charge in [0, 0.05) is 30.9 Å². The molecule has 5 heteroatoms. The van der Waals surface area contributed by atoms with E-state index < -0.39 is 0 Å². The van der Waals surface area contributed by atoms with E-state index in [-0.39, 0.29) is 0 Å². The Hall–Kier alpha value is -1.62. The van der Waals surface area contributed by atoms with Crippen molar-refractivity contribution in [1.29, 1.82) is 0 Å². The molecule has 0 amide bonds. The van der Waals surface area contributed by atoms with Crippen molar-refractivity contribution in [2.45, 2.75) is 58.7 Å². The van der Waals surface area contributed by atoms with Gasteiger partial charge in [-0.3, -0.25) is 0 Å². The van der Waals surface area contributed by atoms with E-state index in [0.717, 1.165) is 44.1 Å². The van der Waals surface area contributed by atoms with Crippen molar-refractivity contribution in [3.63, 3.8) is 0 Å². The van der Waals surface area contributed by atoms with Gasteiger partial charge in [-0.25, -0.2) is 0 Å².